The summed E-state index contributed by atoms with van der Waals surface area (Å²) in [5, 5.41) is 10.4. The molecule has 0 saturated heterocycles. The predicted molar refractivity (Wildman–Crippen MR) is 77.7 cm³/mol. The van der Waals surface area contributed by atoms with Gasteiger partial charge in [0.1, 0.15) is 0 Å². The van der Waals surface area contributed by atoms with Gasteiger partial charge in [-0.3, -0.25) is 0 Å². The van der Waals surface area contributed by atoms with Crippen LogP contribution in [0.4, 0.5) is 0 Å². The first-order chi connectivity index (χ1) is 8.24. The van der Waals surface area contributed by atoms with Gasteiger partial charge in [0, 0.05) is 3.57 Å². The minimum atomic E-state index is -0.257. The summed E-state index contributed by atoms with van der Waals surface area (Å²) in [6, 6.07) is 8.22. The summed E-state index contributed by atoms with van der Waals surface area (Å²) in [5.74, 6) is 2.67. The molecule has 2 aliphatic rings. The quantitative estimate of drug-likeness (QED) is 0.818. The summed E-state index contributed by atoms with van der Waals surface area (Å²) < 4.78 is 1.20. The maximum Gasteiger partial charge on any atom is 0.0803 e. The standard InChI is InChI=1S/C15H19IO/c16-14-4-2-1-3-13(14)15(17)9-12-8-10-5-6-11(12)7-10/h1-4,10-12,15,17H,5-9H2. The normalized spacial score (nSPS) is 32.9. The number of fused-ring (bicyclic) bond motifs is 2. The van der Waals surface area contributed by atoms with E-state index in [0.29, 0.717) is 0 Å². The summed E-state index contributed by atoms with van der Waals surface area (Å²) in [4.78, 5) is 0. The van der Waals surface area contributed by atoms with Crippen LogP contribution in [-0.4, -0.2) is 5.11 Å². The molecule has 0 heterocycles. The van der Waals surface area contributed by atoms with Crippen LogP contribution in [0.5, 0.6) is 0 Å². The van der Waals surface area contributed by atoms with Crippen LogP contribution in [0.2, 0.25) is 0 Å². The van der Waals surface area contributed by atoms with E-state index in [-0.39, 0.29) is 6.10 Å². The van der Waals surface area contributed by atoms with Crippen LogP contribution in [-0.2, 0) is 0 Å². The highest BCUT2D eigenvalue weighted by Crippen LogP contribution is 2.51. The molecule has 1 nitrogen and oxygen atoms in total. The zero-order valence-electron chi connectivity index (χ0n) is 9.98. The van der Waals surface area contributed by atoms with Crippen LogP contribution in [0.25, 0.3) is 0 Å². The lowest BCUT2D eigenvalue weighted by Gasteiger charge is -2.24. The lowest BCUT2D eigenvalue weighted by Crippen LogP contribution is -2.14. The lowest BCUT2D eigenvalue weighted by molar-refractivity contribution is 0.125. The van der Waals surface area contributed by atoms with E-state index in [1.54, 1.807) is 0 Å². The molecule has 4 unspecified atom stereocenters. The summed E-state index contributed by atoms with van der Waals surface area (Å²) in [6.07, 6.45) is 6.37. The second-order valence-electron chi connectivity index (χ2n) is 5.71. The Morgan fingerprint density at radius 2 is 2.06 bits per heavy atom. The van der Waals surface area contributed by atoms with E-state index in [1.165, 1.54) is 29.3 Å². The Morgan fingerprint density at radius 3 is 2.71 bits per heavy atom. The minimum Gasteiger partial charge on any atom is -0.388 e. The average molecular weight is 342 g/mol. The number of hydrogen-bond donors (Lipinski definition) is 1. The molecular formula is C15H19IO. The third-order valence-electron chi connectivity index (χ3n) is 4.67. The Balaban J connectivity index is 1.68. The van der Waals surface area contributed by atoms with Crippen molar-refractivity contribution in [3.63, 3.8) is 0 Å². The van der Waals surface area contributed by atoms with Crippen molar-refractivity contribution in [2.75, 3.05) is 0 Å². The highest BCUT2D eigenvalue weighted by molar-refractivity contribution is 14.1. The molecule has 3 rings (SSSR count). The molecule has 0 aliphatic heterocycles. The number of aliphatic hydroxyl groups excluding tert-OH is 1. The molecule has 4 atom stereocenters. The van der Waals surface area contributed by atoms with Gasteiger partial charge in [-0.1, -0.05) is 24.6 Å². The Kier molecular flexibility index (Phi) is 3.44. The molecule has 1 N–H and O–H groups in total. The van der Waals surface area contributed by atoms with Crippen molar-refractivity contribution in [2.24, 2.45) is 17.8 Å². The molecule has 2 heteroatoms. The molecule has 2 fully saturated rings. The molecule has 2 aliphatic carbocycles. The van der Waals surface area contributed by atoms with E-state index >= 15 is 0 Å². The molecule has 2 saturated carbocycles. The van der Waals surface area contributed by atoms with Crippen LogP contribution in [0.3, 0.4) is 0 Å². The monoisotopic (exact) mass is 342 g/mol. The van der Waals surface area contributed by atoms with Crippen molar-refractivity contribution in [2.45, 2.75) is 38.2 Å². The molecule has 92 valence electrons. The third-order valence-corrected chi connectivity index (χ3v) is 5.66. The Morgan fingerprint density at radius 1 is 1.24 bits per heavy atom. The summed E-state index contributed by atoms with van der Waals surface area (Å²) in [6.45, 7) is 0. The fourth-order valence-electron chi connectivity index (χ4n) is 3.82. The SMILES string of the molecule is OC(CC1CC2CCC1C2)c1ccccc1I. The maximum atomic E-state index is 10.4. The molecule has 17 heavy (non-hydrogen) atoms. The smallest absolute Gasteiger partial charge is 0.0803 e. The van der Waals surface area contributed by atoms with E-state index in [0.717, 1.165) is 29.7 Å². The van der Waals surface area contributed by atoms with Gasteiger partial charge in [0.15, 0.2) is 0 Å². The minimum absolute atomic E-state index is 0.257. The summed E-state index contributed by atoms with van der Waals surface area (Å²) >= 11 is 2.33. The van der Waals surface area contributed by atoms with Crippen molar-refractivity contribution in [3.05, 3.63) is 33.4 Å². The molecule has 2 bridgehead atoms. The molecule has 0 amide bonds. The Bertz CT molecular complexity index is 404. The Labute approximate surface area is 117 Å². The van der Waals surface area contributed by atoms with Gasteiger partial charge in [0.05, 0.1) is 6.10 Å². The van der Waals surface area contributed by atoms with E-state index in [4.69, 9.17) is 0 Å². The summed E-state index contributed by atoms with van der Waals surface area (Å²) in [5.41, 5.74) is 1.12. The average Bonchev–Trinajstić information content (AvgIpc) is 2.91. The van der Waals surface area contributed by atoms with Crippen molar-refractivity contribution in [1.29, 1.82) is 0 Å². The Hall–Kier alpha value is -0.0900. The van der Waals surface area contributed by atoms with E-state index in [9.17, 15) is 5.11 Å². The van der Waals surface area contributed by atoms with Gasteiger partial charge < -0.3 is 5.11 Å². The van der Waals surface area contributed by atoms with Crippen molar-refractivity contribution >= 4 is 22.6 Å². The predicted octanol–water partition coefficient (Wildman–Crippen LogP) is 4.15. The molecule has 0 aromatic heterocycles. The van der Waals surface area contributed by atoms with Crippen LogP contribution in [0.15, 0.2) is 24.3 Å². The highest BCUT2D eigenvalue weighted by Gasteiger charge is 2.40. The maximum absolute atomic E-state index is 10.4. The summed E-state index contributed by atoms with van der Waals surface area (Å²) in [7, 11) is 0. The van der Waals surface area contributed by atoms with Gasteiger partial charge in [-0.15, -0.1) is 0 Å². The number of aliphatic hydroxyl groups is 1. The molecule has 0 spiro atoms. The van der Waals surface area contributed by atoms with Crippen LogP contribution in [0.1, 0.15) is 43.8 Å². The van der Waals surface area contributed by atoms with Crippen molar-refractivity contribution in [3.8, 4) is 0 Å². The topological polar surface area (TPSA) is 20.2 Å². The van der Waals surface area contributed by atoms with Crippen LogP contribution >= 0.6 is 22.6 Å². The number of halogens is 1. The van der Waals surface area contributed by atoms with E-state index < -0.39 is 0 Å². The van der Waals surface area contributed by atoms with E-state index in [1.807, 2.05) is 12.1 Å². The fourth-order valence-corrected chi connectivity index (χ4v) is 4.57. The van der Waals surface area contributed by atoms with Gasteiger partial charge >= 0.3 is 0 Å². The molecule has 1 aromatic carbocycles. The van der Waals surface area contributed by atoms with Gasteiger partial charge in [0.25, 0.3) is 0 Å². The van der Waals surface area contributed by atoms with Crippen molar-refractivity contribution < 1.29 is 5.11 Å². The van der Waals surface area contributed by atoms with Crippen molar-refractivity contribution in [1.82, 2.24) is 0 Å². The molecule has 0 radical (unpaired) electrons. The largest absolute Gasteiger partial charge is 0.388 e. The first-order valence-corrected chi connectivity index (χ1v) is 7.74. The molecule has 1 aromatic rings. The van der Waals surface area contributed by atoms with Gasteiger partial charge in [-0.05, 0) is 77.7 Å². The second-order valence-corrected chi connectivity index (χ2v) is 6.87. The number of rotatable bonds is 3. The lowest BCUT2D eigenvalue weighted by atomic mass is 9.83. The number of benzene rings is 1. The van der Waals surface area contributed by atoms with Gasteiger partial charge in [-0.2, -0.15) is 0 Å². The van der Waals surface area contributed by atoms with Gasteiger partial charge in [0.2, 0.25) is 0 Å². The highest BCUT2D eigenvalue weighted by atomic mass is 127. The number of hydrogen-bond acceptors (Lipinski definition) is 1. The second kappa shape index (κ2) is 4.88. The van der Waals surface area contributed by atoms with Crippen LogP contribution < -0.4 is 0 Å². The zero-order chi connectivity index (χ0) is 11.8. The fraction of sp³-hybridized carbons (Fsp3) is 0.600. The van der Waals surface area contributed by atoms with E-state index in [2.05, 4.69) is 34.7 Å². The molecular weight excluding hydrogens is 323 g/mol. The zero-order valence-corrected chi connectivity index (χ0v) is 12.1. The van der Waals surface area contributed by atoms with Crippen LogP contribution in [0, 0.1) is 21.3 Å². The first kappa shape index (κ1) is 12.0. The third kappa shape index (κ3) is 2.39. The van der Waals surface area contributed by atoms with Gasteiger partial charge in [-0.25, -0.2) is 0 Å². The first-order valence-electron chi connectivity index (χ1n) is 6.66.